The number of ether oxygens (including phenoxy) is 1. The Bertz CT molecular complexity index is 59.8. The van der Waals surface area contributed by atoms with Crippen LogP contribution in [0.4, 0.5) is 0 Å². The standard InChI is InChI=1S/C3H2ClO2/c4-1-2-6-3-5/h1-2H/b2-1+. The molecule has 0 heterocycles. The van der Waals surface area contributed by atoms with Crippen LogP contribution in [0.3, 0.4) is 0 Å². The van der Waals surface area contributed by atoms with Crippen LogP contribution in [0.1, 0.15) is 0 Å². The molecule has 0 N–H and O–H groups in total. The average molecular weight is 106 g/mol. The molecule has 0 aliphatic rings. The SMILES string of the molecule is O=[C]O/C=C/Cl. The van der Waals surface area contributed by atoms with Crippen molar-refractivity contribution < 1.29 is 9.53 Å². The zero-order chi connectivity index (χ0) is 4.83. The van der Waals surface area contributed by atoms with E-state index >= 15 is 0 Å². The van der Waals surface area contributed by atoms with Crippen molar-refractivity contribution in [3.05, 3.63) is 11.8 Å². The van der Waals surface area contributed by atoms with E-state index in [4.69, 9.17) is 16.4 Å². The predicted molar refractivity (Wildman–Crippen MR) is 21.8 cm³/mol. The van der Waals surface area contributed by atoms with Crippen molar-refractivity contribution in [2.45, 2.75) is 0 Å². The van der Waals surface area contributed by atoms with Gasteiger partial charge in [-0.1, -0.05) is 11.6 Å². The molecule has 0 aliphatic heterocycles. The van der Waals surface area contributed by atoms with Gasteiger partial charge in [0.05, 0.1) is 0 Å². The van der Waals surface area contributed by atoms with Gasteiger partial charge < -0.3 is 4.74 Å². The van der Waals surface area contributed by atoms with E-state index in [0.717, 1.165) is 18.3 Å². The molecule has 3 heteroatoms. The molecule has 0 aliphatic carbocycles. The average Bonchev–Trinajstić information content (AvgIpc) is 1.61. The lowest BCUT2D eigenvalue weighted by Gasteiger charge is -1.71. The van der Waals surface area contributed by atoms with Crippen LogP contribution in [-0.4, -0.2) is 6.47 Å². The van der Waals surface area contributed by atoms with E-state index in [9.17, 15) is 0 Å². The number of carbonyl (C=O) groups excluding carboxylic acids is 1. The Labute approximate surface area is 40.4 Å². The van der Waals surface area contributed by atoms with E-state index in [0.29, 0.717) is 0 Å². The fraction of sp³-hybridized carbons (Fsp3) is 0. The Balaban J connectivity index is 2.85. The first kappa shape index (κ1) is 5.50. The van der Waals surface area contributed by atoms with Crippen molar-refractivity contribution in [1.29, 1.82) is 0 Å². The molecule has 6 heavy (non-hydrogen) atoms. The summed E-state index contributed by atoms with van der Waals surface area (Å²) in [5.74, 6) is 0. The van der Waals surface area contributed by atoms with Crippen molar-refractivity contribution in [2.75, 3.05) is 0 Å². The van der Waals surface area contributed by atoms with Crippen molar-refractivity contribution in [2.24, 2.45) is 0 Å². The molecule has 0 saturated carbocycles. The van der Waals surface area contributed by atoms with Gasteiger partial charge in [0.25, 0.3) is 0 Å². The number of rotatable bonds is 2. The van der Waals surface area contributed by atoms with Gasteiger partial charge in [-0.3, -0.25) is 0 Å². The molecule has 0 amide bonds. The molecule has 0 spiro atoms. The van der Waals surface area contributed by atoms with Gasteiger partial charge in [0, 0.05) is 5.54 Å². The van der Waals surface area contributed by atoms with E-state index in [1.165, 1.54) is 0 Å². The summed E-state index contributed by atoms with van der Waals surface area (Å²) in [5, 5.41) is 0. The minimum Gasteiger partial charge on any atom is -0.425 e. The Kier molecular flexibility index (Phi) is 4.12. The van der Waals surface area contributed by atoms with Crippen LogP contribution < -0.4 is 0 Å². The summed E-state index contributed by atoms with van der Waals surface area (Å²) >= 11 is 4.90. The van der Waals surface area contributed by atoms with Gasteiger partial charge in [-0.15, -0.1) is 0 Å². The summed E-state index contributed by atoms with van der Waals surface area (Å²) in [6.07, 6.45) is 1.02. The van der Waals surface area contributed by atoms with Crippen LogP contribution in [0.5, 0.6) is 0 Å². The molecule has 0 atom stereocenters. The molecule has 0 aromatic carbocycles. The Hall–Kier alpha value is -0.500. The van der Waals surface area contributed by atoms with Gasteiger partial charge in [-0.2, -0.15) is 0 Å². The molecular formula is C3H2ClO2. The molecule has 0 unspecified atom stereocenters. The topological polar surface area (TPSA) is 26.3 Å². The first-order valence-corrected chi connectivity index (χ1v) is 1.63. The Morgan fingerprint density at radius 1 is 1.83 bits per heavy atom. The number of hydrogen-bond acceptors (Lipinski definition) is 2. The van der Waals surface area contributed by atoms with Crippen LogP contribution in [0.2, 0.25) is 0 Å². The maximum absolute atomic E-state index is 9.11. The van der Waals surface area contributed by atoms with Crippen molar-refractivity contribution in [3.63, 3.8) is 0 Å². The monoisotopic (exact) mass is 105 g/mol. The first-order chi connectivity index (χ1) is 2.91. The second kappa shape index (κ2) is 4.50. The maximum Gasteiger partial charge on any atom is 0.422 e. The smallest absolute Gasteiger partial charge is 0.422 e. The van der Waals surface area contributed by atoms with E-state index in [1.807, 2.05) is 0 Å². The third-order valence-corrected chi connectivity index (χ3v) is 0.270. The lowest BCUT2D eigenvalue weighted by atomic mass is 11.1. The zero-order valence-corrected chi connectivity index (χ0v) is 3.61. The molecule has 0 fully saturated rings. The molecule has 1 radical (unpaired) electrons. The van der Waals surface area contributed by atoms with Gasteiger partial charge in [-0.25, -0.2) is 4.79 Å². The molecule has 0 aromatic rings. The van der Waals surface area contributed by atoms with Crippen molar-refractivity contribution in [1.82, 2.24) is 0 Å². The van der Waals surface area contributed by atoms with E-state index < -0.39 is 0 Å². The van der Waals surface area contributed by atoms with Crippen LogP contribution >= 0.6 is 11.6 Å². The van der Waals surface area contributed by atoms with Crippen LogP contribution in [0.15, 0.2) is 11.8 Å². The molecule has 0 rings (SSSR count). The predicted octanol–water partition coefficient (Wildman–Crippen LogP) is 0.780. The van der Waals surface area contributed by atoms with Gasteiger partial charge in [0.1, 0.15) is 6.26 Å². The first-order valence-electron chi connectivity index (χ1n) is 1.20. The summed E-state index contributed by atoms with van der Waals surface area (Å²) in [5.41, 5.74) is 1.07. The summed E-state index contributed by atoms with van der Waals surface area (Å²) in [4.78, 5) is 9.11. The van der Waals surface area contributed by atoms with Gasteiger partial charge in [0.2, 0.25) is 0 Å². The van der Waals surface area contributed by atoms with Gasteiger partial charge in [-0.05, 0) is 0 Å². The third kappa shape index (κ3) is 3.50. The number of hydrogen-bond donors (Lipinski definition) is 0. The number of halogens is 1. The minimum absolute atomic E-state index is 1.02. The maximum atomic E-state index is 9.11. The summed E-state index contributed by atoms with van der Waals surface area (Å²) in [6, 6.07) is 0. The van der Waals surface area contributed by atoms with Crippen molar-refractivity contribution >= 4 is 18.1 Å². The lowest BCUT2D eigenvalue weighted by molar-refractivity contribution is 0.399. The normalized spacial score (nSPS) is 8.83. The van der Waals surface area contributed by atoms with E-state index in [-0.39, 0.29) is 0 Å². The lowest BCUT2D eigenvalue weighted by Crippen LogP contribution is -1.67. The summed E-state index contributed by atoms with van der Waals surface area (Å²) < 4.78 is 3.86. The highest BCUT2D eigenvalue weighted by Gasteiger charge is 1.63. The molecular weight excluding hydrogens is 103 g/mol. The van der Waals surface area contributed by atoms with E-state index in [2.05, 4.69) is 4.74 Å². The van der Waals surface area contributed by atoms with Crippen LogP contribution in [-0.2, 0) is 9.53 Å². The molecule has 0 aromatic heterocycles. The van der Waals surface area contributed by atoms with Crippen molar-refractivity contribution in [3.8, 4) is 0 Å². The van der Waals surface area contributed by atoms with Crippen LogP contribution in [0, 0.1) is 0 Å². The van der Waals surface area contributed by atoms with Gasteiger partial charge in [0.15, 0.2) is 0 Å². The van der Waals surface area contributed by atoms with E-state index in [1.54, 1.807) is 0 Å². The largest absolute Gasteiger partial charge is 0.425 e. The quantitative estimate of drug-likeness (QED) is 0.485. The summed E-state index contributed by atoms with van der Waals surface area (Å²) in [6.45, 7) is 1.15. The fourth-order valence-electron chi connectivity index (χ4n) is 0.0535. The fourth-order valence-corrected chi connectivity index (χ4v) is 0.105. The second-order valence-electron chi connectivity index (χ2n) is 0.463. The Morgan fingerprint density at radius 3 is 2.67 bits per heavy atom. The van der Waals surface area contributed by atoms with Crippen LogP contribution in [0.25, 0.3) is 0 Å². The highest BCUT2D eigenvalue weighted by Crippen LogP contribution is 1.75. The highest BCUT2D eigenvalue weighted by atomic mass is 35.5. The molecule has 33 valence electrons. The second-order valence-corrected chi connectivity index (χ2v) is 0.715. The molecule has 0 bridgehead atoms. The third-order valence-electron chi connectivity index (χ3n) is 0.168. The zero-order valence-electron chi connectivity index (χ0n) is 2.85. The minimum atomic E-state index is 1.02. The van der Waals surface area contributed by atoms with Gasteiger partial charge >= 0.3 is 6.47 Å². The molecule has 2 nitrogen and oxygen atoms in total. The summed E-state index contributed by atoms with van der Waals surface area (Å²) in [7, 11) is 0. The Morgan fingerprint density at radius 2 is 2.50 bits per heavy atom. The highest BCUT2D eigenvalue weighted by molar-refractivity contribution is 6.25. The molecule has 0 saturated heterocycles.